The van der Waals surface area contributed by atoms with Gasteiger partial charge in [0, 0.05) is 21.9 Å². The van der Waals surface area contributed by atoms with Crippen molar-refractivity contribution in [1.82, 2.24) is 0 Å². The maximum atomic E-state index is 14.4. The zero-order valence-corrected chi connectivity index (χ0v) is 25.5. The van der Waals surface area contributed by atoms with Crippen LogP contribution >= 0.6 is 23.2 Å². The highest BCUT2D eigenvalue weighted by molar-refractivity contribution is 6.33. The number of benzene rings is 3. The number of anilines is 2. The van der Waals surface area contributed by atoms with E-state index in [0.717, 1.165) is 16.7 Å². The molecule has 3 aromatic carbocycles. The van der Waals surface area contributed by atoms with Gasteiger partial charge in [-0.05, 0) is 72.7 Å². The van der Waals surface area contributed by atoms with Crippen LogP contribution in [0.5, 0.6) is 0 Å². The van der Waals surface area contributed by atoms with Crippen molar-refractivity contribution in [3.05, 3.63) is 111 Å². The maximum absolute atomic E-state index is 14.4. The number of carbonyl (C=O) groups excluding carboxylic acids is 4. The van der Waals surface area contributed by atoms with Crippen LogP contribution in [0.1, 0.15) is 23.1 Å². The third kappa shape index (κ3) is 3.55. The minimum Gasteiger partial charge on any atom is -0.274 e. The number of hydrogen-bond donors (Lipinski definition) is 0. The zero-order valence-electron chi connectivity index (χ0n) is 24.0. The van der Waals surface area contributed by atoms with Gasteiger partial charge in [0.15, 0.2) is 0 Å². The Labute approximate surface area is 264 Å². The molecule has 0 N–H and O–H groups in total. The van der Waals surface area contributed by atoms with Crippen LogP contribution in [-0.4, -0.2) is 23.6 Å². The number of carbonyl (C=O) groups is 4. The van der Waals surface area contributed by atoms with Crippen LogP contribution in [0.25, 0.3) is 5.57 Å². The summed E-state index contributed by atoms with van der Waals surface area (Å²) in [5, 5.41) is 0.965. The fourth-order valence-corrected chi connectivity index (χ4v) is 9.01. The molecular weight excluding hydrogens is 595 g/mol. The molecule has 0 unspecified atom stereocenters. The van der Waals surface area contributed by atoms with Crippen LogP contribution in [0.4, 0.5) is 11.4 Å². The fourth-order valence-electron chi connectivity index (χ4n) is 8.67. The fraction of sp³-hybridized carbons (Fsp3) is 0.278. The predicted octanol–water partition coefficient (Wildman–Crippen LogP) is 6.81. The van der Waals surface area contributed by atoms with Gasteiger partial charge in [0.05, 0.1) is 35.0 Å². The van der Waals surface area contributed by atoms with Crippen LogP contribution < -0.4 is 9.80 Å². The Kier molecular flexibility index (Phi) is 6.10. The average molecular weight is 624 g/mol. The monoisotopic (exact) mass is 622 g/mol. The number of hydrogen-bond acceptors (Lipinski definition) is 4. The van der Waals surface area contributed by atoms with Gasteiger partial charge in [0.2, 0.25) is 23.6 Å². The number of imide groups is 2. The molecule has 2 heterocycles. The lowest BCUT2D eigenvalue weighted by atomic mass is 9.49. The summed E-state index contributed by atoms with van der Waals surface area (Å²) in [6, 6.07) is 20.4. The molecular formula is C36H28Cl2N2O4. The SMILES string of the molecule is Cc1c(Cl)cccc1N1C(=O)[C@H]2[C@@H]3C=C[C@H](C4=C(c5ccccc5)C[C@@H]5C(=O)N(c6cccc(Cl)c6C)C(=O)[C@H]5[C@H]43)[C@H]2C1=O. The van der Waals surface area contributed by atoms with Gasteiger partial charge in [0.1, 0.15) is 0 Å². The van der Waals surface area contributed by atoms with Crippen LogP contribution in [-0.2, 0) is 19.2 Å². The summed E-state index contributed by atoms with van der Waals surface area (Å²) >= 11 is 12.9. The van der Waals surface area contributed by atoms with E-state index in [1.54, 1.807) is 36.4 Å². The first-order chi connectivity index (χ1) is 21.2. The lowest BCUT2D eigenvalue weighted by Gasteiger charge is -2.51. The van der Waals surface area contributed by atoms with E-state index in [4.69, 9.17) is 23.2 Å². The van der Waals surface area contributed by atoms with Crippen molar-refractivity contribution in [2.45, 2.75) is 20.3 Å². The smallest absolute Gasteiger partial charge is 0.238 e. The van der Waals surface area contributed by atoms with Crippen molar-refractivity contribution < 1.29 is 19.2 Å². The third-order valence-electron chi connectivity index (χ3n) is 10.6. The quantitative estimate of drug-likeness (QED) is 0.237. The molecule has 2 bridgehead atoms. The van der Waals surface area contributed by atoms with Gasteiger partial charge in [0.25, 0.3) is 0 Å². The maximum Gasteiger partial charge on any atom is 0.238 e. The number of allylic oxidation sites excluding steroid dienone is 4. The van der Waals surface area contributed by atoms with Gasteiger partial charge in [-0.2, -0.15) is 0 Å². The Hall–Kier alpha value is -4.00. The molecule has 0 aromatic heterocycles. The number of halogens is 2. The zero-order chi connectivity index (χ0) is 30.6. The summed E-state index contributed by atoms with van der Waals surface area (Å²) in [6.45, 7) is 3.62. The first-order valence-electron chi connectivity index (χ1n) is 14.9. The molecule has 44 heavy (non-hydrogen) atoms. The lowest BCUT2D eigenvalue weighted by molar-refractivity contribution is -0.129. The van der Waals surface area contributed by atoms with Crippen LogP contribution in [0.3, 0.4) is 0 Å². The van der Waals surface area contributed by atoms with Crippen molar-refractivity contribution in [2.75, 3.05) is 9.80 Å². The van der Waals surface area contributed by atoms with Crippen LogP contribution in [0, 0.1) is 55.3 Å². The third-order valence-corrected chi connectivity index (χ3v) is 11.4. The molecule has 8 heteroatoms. The minimum absolute atomic E-state index is 0.241. The molecule has 7 atom stereocenters. The topological polar surface area (TPSA) is 74.8 Å². The number of nitrogens with zero attached hydrogens (tertiary/aromatic N) is 2. The van der Waals surface area contributed by atoms with E-state index in [0.29, 0.717) is 39.0 Å². The van der Waals surface area contributed by atoms with E-state index in [-0.39, 0.29) is 29.5 Å². The molecule has 2 aliphatic heterocycles. The van der Waals surface area contributed by atoms with Crippen molar-refractivity contribution in [1.29, 1.82) is 0 Å². The molecule has 0 spiro atoms. The van der Waals surface area contributed by atoms with E-state index >= 15 is 0 Å². The summed E-state index contributed by atoms with van der Waals surface area (Å²) in [5.41, 5.74) is 5.31. The van der Waals surface area contributed by atoms with E-state index in [2.05, 4.69) is 6.08 Å². The molecule has 2 saturated heterocycles. The van der Waals surface area contributed by atoms with Crippen LogP contribution in [0.2, 0.25) is 10.0 Å². The first kappa shape index (κ1) is 27.5. The molecule has 1 saturated carbocycles. The molecule has 4 aliphatic carbocycles. The second kappa shape index (κ2) is 9.75. The van der Waals surface area contributed by atoms with Gasteiger partial charge in [-0.1, -0.05) is 83.4 Å². The highest BCUT2D eigenvalue weighted by Gasteiger charge is 2.67. The largest absolute Gasteiger partial charge is 0.274 e. The molecule has 4 amide bonds. The predicted molar refractivity (Wildman–Crippen MR) is 169 cm³/mol. The number of fused-ring (bicyclic) bond motifs is 1. The Morgan fingerprint density at radius 2 is 1.18 bits per heavy atom. The van der Waals surface area contributed by atoms with Crippen molar-refractivity contribution in [3.63, 3.8) is 0 Å². The van der Waals surface area contributed by atoms with Gasteiger partial charge >= 0.3 is 0 Å². The first-order valence-corrected chi connectivity index (χ1v) is 15.7. The van der Waals surface area contributed by atoms with Gasteiger partial charge in [-0.25, -0.2) is 9.80 Å². The van der Waals surface area contributed by atoms with Gasteiger partial charge in [-0.3, -0.25) is 19.2 Å². The van der Waals surface area contributed by atoms with Crippen molar-refractivity contribution in [3.8, 4) is 0 Å². The number of rotatable bonds is 3. The second-order valence-corrected chi connectivity index (χ2v) is 13.3. The number of amides is 4. The normalized spacial score (nSPS) is 30.3. The second-order valence-electron chi connectivity index (χ2n) is 12.5. The van der Waals surface area contributed by atoms with E-state index in [9.17, 15) is 19.2 Å². The molecule has 3 fully saturated rings. The highest BCUT2D eigenvalue weighted by Crippen LogP contribution is 2.63. The van der Waals surface area contributed by atoms with Gasteiger partial charge < -0.3 is 0 Å². The Morgan fingerprint density at radius 3 is 1.82 bits per heavy atom. The molecule has 6 aliphatic rings. The molecule has 220 valence electrons. The van der Waals surface area contributed by atoms with Crippen molar-refractivity contribution in [2.24, 2.45) is 41.4 Å². The molecule has 3 aromatic rings. The summed E-state index contributed by atoms with van der Waals surface area (Å²) < 4.78 is 0. The lowest BCUT2D eigenvalue weighted by Crippen LogP contribution is -2.51. The molecule has 9 rings (SSSR count). The van der Waals surface area contributed by atoms with Crippen LogP contribution in [0.15, 0.2) is 84.5 Å². The van der Waals surface area contributed by atoms with Crippen molar-refractivity contribution >= 4 is 63.8 Å². The summed E-state index contributed by atoms with van der Waals surface area (Å²) in [4.78, 5) is 59.8. The molecule has 0 radical (unpaired) electrons. The summed E-state index contributed by atoms with van der Waals surface area (Å²) in [6.07, 6.45) is 4.46. The standard InChI is InChI=1S/C36H28Cl2N2O4/c1-17-24(37)10-6-12-26(17)39-33(41)23-16-22(19-8-4-3-5-9-19)28-20-14-15-21(29(28)32(23)36(39)44)31-30(20)34(42)40(35(31)43)27-13-7-11-25(38)18(27)2/h3-15,20-21,23,29-32H,16H2,1-2H3/t20-,21-,23+,29+,30-,31+,32-/m1/s1. The van der Waals surface area contributed by atoms with Gasteiger partial charge in [-0.15, -0.1) is 0 Å². The van der Waals surface area contributed by atoms with E-state index in [1.165, 1.54) is 9.80 Å². The molecule has 6 nitrogen and oxygen atoms in total. The van der Waals surface area contributed by atoms with E-state index in [1.807, 2.05) is 50.3 Å². The average Bonchev–Trinajstić information content (AvgIpc) is 3.45. The highest BCUT2D eigenvalue weighted by atomic mass is 35.5. The summed E-state index contributed by atoms with van der Waals surface area (Å²) in [7, 11) is 0. The Morgan fingerprint density at radius 1 is 0.614 bits per heavy atom. The van der Waals surface area contributed by atoms with E-state index < -0.39 is 35.5 Å². The minimum atomic E-state index is -0.647. The summed E-state index contributed by atoms with van der Waals surface area (Å²) in [5.74, 6) is -4.65. The Bertz CT molecular complexity index is 1880. The Balaban J connectivity index is 1.30.